The highest BCUT2D eigenvalue weighted by Crippen LogP contribution is 2.60. The quantitative estimate of drug-likeness (QED) is 0.107. The molecule has 2 aliphatic carbocycles. The monoisotopic (exact) mass is 1650 g/mol. The molecule has 128 heavy (non-hydrogen) atoms. The van der Waals surface area contributed by atoms with Gasteiger partial charge in [-0.05, 0) is 152 Å². The first-order valence-electron chi connectivity index (χ1n) is 43.4. The zero-order valence-electron chi connectivity index (χ0n) is 69.4. The van der Waals surface area contributed by atoms with Gasteiger partial charge in [-0.15, -0.1) is 11.3 Å². The van der Waals surface area contributed by atoms with Gasteiger partial charge in [0, 0.05) is 64.3 Å². The Bertz CT molecular complexity index is 7970. The maximum absolute atomic E-state index is 6.75. The average molecular weight is 1650 g/mol. The van der Waals surface area contributed by atoms with E-state index in [4.69, 9.17) is 34.3 Å². The van der Waals surface area contributed by atoms with Gasteiger partial charge in [0.15, 0.2) is 34.9 Å². The van der Waals surface area contributed by atoms with Crippen LogP contribution in [0.5, 0.6) is 0 Å². The molecule has 4 aromatic heterocycles. The summed E-state index contributed by atoms with van der Waals surface area (Å²) in [7, 11) is 0. The van der Waals surface area contributed by atoms with Crippen LogP contribution in [0.4, 0.5) is 0 Å². The van der Waals surface area contributed by atoms with Gasteiger partial charge in [-0.25, -0.2) is 29.9 Å². The standard InChI is InChI=1S/C64H41N3O.C56H35N3S/c1-4-17-42(18-5-1)44-31-35-46(36-32-44)61-65-62(47-37-33-45(34-38-47)43-19-6-2-7-20-43)67-63(66-61)54-26-11-10-23-50(54)53-27-16-30-59-60(53)55-41-49(39-40-58(55)68-59)64(48-21-8-3-9-22-48)56-28-14-12-24-51(56)52-25-13-15-29-57(52)64;1-4-18-37(19-5-1)53-57-54(38-20-6-2-7-21-38)59-55(58-53)52-41-24-11-10-17-36(41)31-33-45(52)44-27-16-30-49-51(44)46-34-32-40(35-50(46)60-49)56(39-22-8-3-9-23-39)47-28-14-12-25-42(47)43-26-13-15-29-48(43)56/h1-41H;1-35H. The Labute approximate surface area is 744 Å². The van der Waals surface area contributed by atoms with E-state index in [0.29, 0.717) is 34.9 Å². The Kier molecular flexibility index (Phi) is 18.4. The molecule has 0 amide bonds. The minimum absolute atomic E-state index is 0.460. The van der Waals surface area contributed by atoms with Gasteiger partial charge < -0.3 is 4.42 Å². The first kappa shape index (κ1) is 75.2. The predicted molar refractivity (Wildman–Crippen MR) is 526 cm³/mol. The van der Waals surface area contributed by atoms with Crippen LogP contribution >= 0.6 is 11.3 Å². The van der Waals surface area contributed by atoms with Gasteiger partial charge in [-0.3, -0.25) is 0 Å². The molecule has 0 spiro atoms. The van der Waals surface area contributed by atoms with Crippen molar-refractivity contribution in [3.8, 4) is 135 Å². The van der Waals surface area contributed by atoms with E-state index in [0.717, 1.165) is 111 Å². The van der Waals surface area contributed by atoms with Crippen molar-refractivity contribution in [2.75, 3.05) is 0 Å². The van der Waals surface area contributed by atoms with Crippen molar-refractivity contribution >= 4 is 64.2 Å². The van der Waals surface area contributed by atoms with Gasteiger partial charge in [-0.2, -0.15) is 0 Å². The molecule has 0 saturated heterocycles. The molecule has 0 fully saturated rings. The highest BCUT2D eigenvalue weighted by Gasteiger charge is 2.48. The molecule has 25 rings (SSSR count). The van der Waals surface area contributed by atoms with Crippen molar-refractivity contribution < 1.29 is 4.42 Å². The van der Waals surface area contributed by atoms with Crippen LogP contribution in [0.15, 0.2) is 465 Å². The summed E-state index contributed by atoms with van der Waals surface area (Å²) >= 11 is 1.86. The summed E-state index contributed by atoms with van der Waals surface area (Å²) in [6.07, 6.45) is 0. The molecule has 0 aliphatic heterocycles. The molecule has 19 aromatic carbocycles. The number of furan rings is 1. The lowest BCUT2D eigenvalue weighted by molar-refractivity contribution is 0.668. The molecule has 0 atom stereocenters. The van der Waals surface area contributed by atoms with E-state index < -0.39 is 10.8 Å². The van der Waals surface area contributed by atoms with E-state index in [1.54, 1.807) is 0 Å². The number of hydrogen-bond donors (Lipinski definition) is 0. The molecular weight excluding hydrogens is 1570 g/mol. The van der Waals surface area contributed by atoms with E-state index >= 15 is 0 Å². The van der Waals surface area contributed by atoms with Gasteiger partial charge in [-0.1, -0.05) is 431 Å². The molecule has 0 saturated carbocycles. The lowest BCUT2D eigenvalue weighted by atomic mass is 9.67. The number of thiophene rings is 1. The topological polar surface area (TPSA) is 90.5 Å². The highest BCUT2D eigenvalue weighted by atomic mass is 32.1. The summed E-state index contributed by atoms with van der Waals surface area (Å²) in [5.41, 5.74) is 30.4. The van der Waals surface area contributed by atoms with Gasteiger partial charge in [0.05, 0.1) is 10.8 Å². The van der Waals surface area contributed by atoms with Crippen molar-refractivity contribution in [1.82, 2.24) is 29.9 Å². The third-order valence-corrected chi connectivity index (χ3v) is 27.0. The fourth-order valence-corrected chi connectivity index (χ4v) is 21.4. The summed E-state index contributed by atoms with van der Waals surface area (Å²) < 4.78 is 9.25. The Morgan fingerprint density at radius 2 is 0.555 bits per heavy atom. The fraction of sp³-hybridized carbons (Fsp3) is 0.0167. The largest absolute Gasteiger partial charge is 0.456 e. The third kappa shape index (κ3) is 12.5. The van der Waals surface area contributed by atoms with Crippen LogP contribution in [-0.4, -0.2) is 29.9 Å². The molecule has 2 aliphatic rings. The Hall–Kier alpha value is -16.5. The van der Waals surface area contributed by atoms with Crippen molar-refractivity contribution in [1.29, 1.82) is 0 Å². The summed E-state index contributed by atoms with van der Waals surface area (Å²) in [4.78, 5) is 31.3. The fourth-order valence-electron chi connectivity index (χ4n) is 20.2. The average Bonchev–Trinajstić information content (AvgIpc) is 1.54. The molecule has 8 heteroatoms. The summed E-state index contributed by atoms with van der Waals surface area (Å²) in [5.74, 6) is 3.74. The number of fused-ring (bicyclic) bond motifs is 13. The molecule has 0 N–H and O–H groups in total. The smallest absolute Gasteiger partial charge is 0.165 e. The molecule has 23 aromatic rings. The zero-order chi connectivity index (χ0) is 84.6. The van der Waals surface area contributed by atoms with Crippen LogP contribution in [0.3, 0.4) is 0 Å². The van der Waals surface area contributed by atoms with Crippen LogP contribution in [0, 0.1) is 0 Å². The van der Waals surface area contributed by atoms with Gasteiger partial charge >= 0.3 is 0 Å². The number of hydrogen-bond acceptors (Lipinski definition) is 8. The lowest BCUT2D eigenvalue weighted by Crippen LogP contribution is -2.28. The number of aromatic nitrogens is 6. The molecular formula is C120H76N6OS. The minimum atomic E-state index is -0.546. The highest BCUT2D eigenvalue weighted by molar-refractivity contribution is 7.26. The van der Waals surface area contributed by atoms with E-state index in [1.165, 1.54) is 86.9 Å². The lowest BCUT2D eigenvalue weighted by Gasteiger charge is -2.33. The van der Waals surface area contributed by atoms with Crippen LogP contribution in [0.2, 0.25) is 0 Å². The van der Waals surface area contributed by atoms with Crippen molar-refractivity contribution in [2.24, 2.45) is 0 Å². The van der Waals surface area contributed by atoms with Crippen molar-refractivity contribution in [3.05, 3.63) is 506 Å². The predicted octanol–water partition coefficient (Wildman–Crippen LogP) is 30.6. The van der Waals surface area contributed by atoms with Crippen molar-refractivity contribution in [3.63, 3.8) is 0 Å². The molecule has 0 unspecified atom stereocenters. The van der Waals surface area contributed by atoms with Crippen molar-refractivity contribution in [2.45, 2.75) is 10.8 Å². The van der Waals surface area contributed by atoms with E-state index in [1.807, 2.05) is 59.9 Å². The maximum atomic E-state index is 6.75. The first-order chi connectivity index (χ1) is 63.5. The van der Waals surface area contributed by atoms with Crippen LogP contribution in [0.25, 0.3) is 188 Å². The summed E-state index contributed by atoms with van der Waals surface area (Å²) in [6.45, 7) is 0. The number of benzene rings is 19. The van der Waals surface area contributed by atoms with Crippen LogP contribution in [-0.2, 0) is 10.8 Å². The summed E-state index contributed by atoms with van der Waals surface area (Å²) in [6, 6.07) is 164. The Morgan fingerprint density at radius 3 is 1.06 bits per heavy atom. The maximum Gasteiger partial charge on any atom is 0.165 e. The number of rotatable bonds is 14. The second kappa shape index (κ2) is 31.4. The Balaban J connectivity index is 0.000000144. The van der Waals surface area contributed by atoms with Crippen LogP contribution in [0.1, 0.15) is 44.5 Å². The first-order valence-corrected chi connectivity index (χ1v) is 44.3. The molecule has 7 nitrogen and oxygen atoms in total. The molecule has 4 heterocycles. The normalized spacial score (nSPS) is 12.7. The second-order valence-electron chi connectivity index (χ2n) is 32.9. The minimum Gasteiger partial charge on any atom is -0.456 e. The molecule has 0 bridgehead atoms. The van der Waals surface area contributed by atoms with Crippen LogP contribution < -0.4 is 0 Å². The zero-order valence-corrected chi connectivity index (χ0v) is 70.2. The second-order valence-corrected chi connectivity index (χ2v) is 34.0. The Morgan fingerprint density at radius 1 is 0.188 bits per heavy atom. The summed E-state index contributed by atoms with van der Waals surface area (Å²) in [5, 5.41) is 6.80. The van der Waals surface area contributed by atoms with Gasteiger partial charge in [0.2, 0.25) is 0 Å². The van der Waals surface area contributed by atoms with E-state index in [-0.39, 0.29) is 0 Å². The van der Waals surface area contributed by atoms with E-state index in [2.05, 4.69) is 413 Å². The molecule has 0 radical (unpaired) electrons. The molecule has 598 valence electrons. The van der Waals surface area contributed by atoms with Gasteiger partial charge in [0.25, 0.3) is 0 Å². The van der Waals surface area contributed by atoms with E-state index in [9.17, 15) is 0 Å². The third-order valence-electron chi connectivity index (χ3n) is 25.9. The SMILES string of the molecule is c1ccc(-c2ccc(-c3nc(-c4ccc(-c5ccccc5)cc4)nc(-c4ccccc4-c4cccc5oc6ccc(C7(c8ccccc8)c8ccccc8-c8ccccc87)cc6c45)n3)cc2)cc1.c1ccc(-c2nc(-c3ccccc3)nc(-c3c(-c4cccc5sc6cc(C7(c8ccccc8)c8ccccc8-c8ccccc87)ccc6c45)ccc4ccccc34)n2)cc1. The number of nitrogens with zero attached hydrogens (tertiary/aromatic N) is 6. The van der Waals surface area contributed by atoms with Gasteiger partial charge in [0.1, 0.15) is 11.2 Å².